The largest absolute Gasteiger partial charge is 0.315 e. The Morgan fingerprint density at radius 2 is 1.95 bits per heavy atom. The zero-order chi connectivity index (χ0) is 13.1. The number of nitrogens with one attached hydrogen (secondary N) is 1. The summed E-state index contributed by atoms with van der Waals surface area (Å²) in [6.45, 7) is 11.5. The first-order chi connectivity index (χ1) is 9.31. The molecule has 0 amide bonds. The molecule has 3 aliphatic heterocycles. The Bertz CT molecular complexity index is 275. The van der Waals surface area contributed by atoms with E-state index in [1.807, 2.05) is 0 Å². The van der Waals surface area contributed by atoms with Gasteiger partial charge in [0.2, 0.25) is 0 Å². The second-order valence-corrected chi connectivity index (χ2v) is 6.76. The highest BCUT2D eigenvalue weighted by Gasteiger charge is 2.32. The Labute approximate surface area is 118 Å². The van der Waals surface area contributed by atoms with Crippen molar-refractivity contribution in [3.8, 4) is 0 Å². The molecule has 3 fully saturated rings. The smallest absolute Gasteiger partial charge is 0.0223 e. The van der Waals surface area contributed by atoms with E-state index in [4.69, 9.17) is 0 Å². The summed E-state index contributed by atoms with van der Waals surface area (Å²) < 4.78 is 0. The van der Waals surface area contributed by atoms with Crippen LogP contribution in [0, 0.1) is 5.92 Å². The Morgan fingerprint density at radius 3 is 2.89 bits per heavy atom. The monoisotopic (exact) mass is 266 g/mol. The minimum absolute atomic E-state index is 0.848. The molecule has 3 aliphatic rings. The number of nitrogens with zero attached hydrogens (tertiary/aromatic N) is 3. The zero-order valence-corrected chi connectivity index (χ0v) is 12.5. The van der Waals surface area contributed by atoms with Crippen LogP contribution in [0.5, 0.6) is 0 Å². The average molecular weight is 266 g/mol. The summed E-state index contributed by atoms with van der Waals surface area (Å²) >= 11 is 0. The molecule has 0 bridgehead atoms. The van der Waals surface area contributed by atoms with E-state index in [1.54, 1.807) is 0 Å². The standard InChI is InChI=1S/C15H30N4/c1-17-9-10-19-12-14(3-4-15(19)13-17)11-18-7-2-5-16-6-8-18/h14-16H,2-13H2,1H3. The van der Waals surface area contributed by atoms with Gasteiger partial charge in [-0.05, 0) is 45.3 Å². The van der Waals surface area contributed by atoms with Gasteiger partial charge in [-0.2, -0.15) is 0 Å². The number of piperazine rings is 1. The molecule has 3 rings (SSSR count). The van der Waals surface area contributed by atoms with Crippen molar-refractivity contribution in [2.24, 2.45) is 5.92 Å². The molecule has 3 saturated heterocycles. The molecule has 0 radical (unpaired) electrons. The van der Waals surface area contributed by atoms with Gasteiger partial charge in [0.05, 0.1) is 0 Å². The molecular weight excluding hydrogens is 236 g/mol. The fraction of sp³-hybridized carbons (Fsp3) is 1.00. The summed E-state index contributed by atoms with van der Waals surface area (Å²) in [5.41, 5.74) is 0. The van der Waals surface area contributed by atoms with E-state index in [-0.39, 0.29) is 0 Å². The van der Waals surface area contributed by atoms with Gasteiger partial charge in [-0.1, -0.05) is 0 Å². The van der Waals surface area contributed by atoms with Gasteiger partial charge in [0.25, 0.3) is 0 Å². The van der Waals surface area contributed by atoms with Crippen LogP contribution in [-0.2, 0) is 0 Å². The minimum Gasteiger partial charge on any atom is -0.315 e. The zero-order valence-electron chi connectivity index (χ0n) is 12.5. The van der Waals surface area contributed by atoms with Crippen LogP contribution >= 0.6 is 0 Å². The third kappa shape index (κ3) is 3.69. The molecule has 4 nitrogen and oxygen atoms in total. The Balaban J connectivity index is 1.47. The molecule has 0 aliphatic carbocycles. The van der Waals surface area contributed by atoms with Gasteiger partial charge in [0.15, 0.2) is 0 Å². The van der Waals surface area contributed by atoms with Crippen molar-refractivity contribution in [1.82, 2.24) is 20.0 Å². The first kappa shape index (κ1) is 13.8. The first-order valence-electron chi connectivity index (χ1n) is 8.17. The van der Waals surface area contributed by atoms with Gasteiger partial charge in [-0.15, -0.1) is 0 Å². The van der Waals surface area contributed by atoms with Crippen molar-refractivity contribution in [3.63, 3.8) is 0 Å². The van der Waals surface area contributed by atoms with Crippen LogP contribution in [0.1, 0.15) is 19.3 Å². The lowest BCUT2D eigenvalue weighted by atomic mass is 9.90. The molecule has 0 aromatic heterocycles. The maximum atomic E-state index is 3.51. The van der Waals surface area contributed by atoms with Gasteiger partial charge in [0.1, 0.15) is 0 Å². The number of rotatable bonds is 2. The number of piperidine rings is 1. The van der Waals surface area contributed by atoms with Crippen molar-refractivity contribution in [3.05, 3.63) is 0 Å². The minimum atomic E-state index is 0.848. The summed E-state index contributed by atoms with van der Waals surface area (Å²) in [5.74, 6) is 0.915. The highest BCUT2D eigenvalue weighted by molar-refractivity contribution is 4.88. The van der Waals surface area contributed by atoms with Gasteiger partial charge in [-0.3, -0.25) is 4.90 Å². The Hall–Kier alpha value is -0.160. The van der Waals surface area contributed by atoms with Gasteiger partial charge < -0.3 is 15.1 Å². The molecule has 0 aromatic rings. The fourth-order valence-electron chi connectivity index (χ4n) is 4.01. The number of fused-ring (bicyclic) bond motifs is 1. The predicted molar refractivity (Wildman–Crippen MR) is 79.5 cm³/mol. The maximum Gasteiger partial charge on any atom is 0.0223 e. The summed E-state index contributed by atoms with van der Waals surface area (Å²) in [5, 5.41) is 3.51. The van der Waals surface area contributed by atoms with Crippen LogP contribution in [0.3, 0.4) is 0 Å². The van der Waals surface area contributed by atoms with Crippen molar-refractivity contribution < 1.29 is 0 Å². The van der Waals surface area contributed by atoms with E-state index < -0.39 is 0 Å². The summed E-state index contributed by atoms with van der Waals surface area (Å²) in [6.07, 6.45) is 4.18. The van der Waals surface area contributed by atoms with E-state index in [2.05, 4.69) is 27.1 Å². The second-order valence-electron chi connectivity index (χ2n) is 6.76. The van der Waals surface area contributed by atoms with Crippen LogP contribution in [0.15, 0.2) is 0 Å². The molecule has 1 N–H and O–H groups in total. The molecule has 2 unspecified atom stereocenters. The van der Waals surface area contributed by atoms with Crippen molar-refractivity contribution in [2.75, 3.05) is 66.0 Å². The van der Waals surface area contributed by atoms with E-state index in [9.17, 15) is 0 Å². The third-order valence-electron chi connectivity index (χ3n) is 5.16. The first-order valence-corrected chi connectivity index (χ1v) is 8.17. The van der Waals surface area contributed by atoms with Gasteiger partial charge >= 0.3 is 0 Å². The molecule has 3 heterocycles. The van der Waals surface area contributed by atoms with Crippen molar-refractivity contribution in [1.29, 1.82) is 0 Å². The van der Waals surface area contributed by atoms with Crippen LogP contribution < -0.4 is 5.32 Å². The lowest BCUT2D eigenvalue weighted by Gasteiger charge is -2.46. The molecule has 2 atom stereocenters. The van der Waals surface area contributed by atoms with Gasteiger partial charge in [-0.25, -0.2) is 0 Å². The van der Waals surface area contributed by atoms with E-state index in [0.29, 0.717) is 0 Å². The van der Waals surface area contributed by atoms with Crippen LogP contribution in [0.2, 0.25) is 0 Å². The van der Waals surface area contributed by atoms with E-state index >= 15 is 0 Å². The predicted octanol–water partition coefficient (Wildman–Crippen LogP) is 0.308. The number of hydrogen-bond donors (Lipinski definition) is 1. The molecule has 4 heteroatoms. The summed E-state index contributed by atoms with van der Waals surface area (Å²) in [6, 6.07) is 0.848. The number of likely N-dealkylation sites (N-methyl/N-ethyl adjacent to an activating group) is 1. The lowest BCUT2D eigenvalue weighted by Crippen LogP contribution is -2.56. The third-order valence-corrected chi connectivity index (χ3v) is 5.16. The molecule has 110 valence electrons. The summed E-state index contributed by atoms with van der Waals surface area (Å²) in [4.78, 5) is 7.97. The van der Waals surface area contributed by atoms with Crippen LogP contribution in [0.4, 0.5) is 0 Å². The molecular formula is C15H30N4. The number of hydrogen-bond acceptors (Lipinski definition) is 4. The average Bonchev–Trinajstić information content (AvgIpc) is 2.68. The summed E-state index contributed by atoms with van der Waals surface area (Å²) in [7, 11) is 2.27. The Kier molecular flexibility index (Phi) is 4.74. The molecule has 19 heavy (non-hydrogen) atoms. The highest BCUT2D eigenvalue weighted by atomic mass is 15.3. The van der Waals surface area contributed by atoms with Crippen LogP contribution in [0.25, 0.3) is 0 Å². The SMILES string of the molecule is CN1CCN2CC(CN3CCCNCC3)CCC2C1. The quantitative estimate of drug-likeness (QED) is 0.776. The molecule has 0 aromatic carbocycles. The maximum absolute atomic E-state index is 3.51. The normalized spacial score (nSPS) is 35.8. The van der Waals surface area contributed by atoms with Crippen molar-refractivity contribution in [2.45, 2.75) is 25.3 Å². The van der Waals surface area contributed by atoms with E-state index in [1.165, 1.54) is 78.2 Å². The second kappa shape index (κ2) is 6.53. The van der Waals surface area contributed by atoms with E-state index in [0.717, 1.165) is 12.0 Å². The Morgan fingerprint density at radius 1 is 1.00 bits per heavy atom. The highest BCUT2D eigenvalue weighted by Crippen LogP contribution is 2.25. The van der Waals surface area contributed by atoms with Crippen molar-refractivity contribution >= 4 is 0 Å². The van der Waals surface area contributed by atoms with Gasteiger partial charge in [0, 0.05) is 51.9 Å². The lowest BCUT2D eigenvalue weighted by molar-refractivity contribution is 0.0294. The molecule has 0 saturated carbocycles. The van der Waals surface area contributed by atoms with Crippen LogP contribution in [-0.4, -0.2) is 86.7 Å². The fourth-order valence-corrected chi connectivity index (χ4v) is 4.01. The molecule has 0 spiro atoms. The topological polar surface area (TPSA) is 21.8 Å².